The molecule has 126 valence electrons. The highest BCUT2D eigenvalue weighted by Crippen LogP contribution is 2.32. The third kappa shape index (κ3) is 3.96. The normalized spacial score (nSPS) is 26.5. The molecule has 3 rings (SSSR count). The molecule has 0 radical (unpaired) electrons. The van der Waals surface area contributed by atoms with E-state index >= 15 is 0 Å². The molecule has 0 spiro atoms. The number of hydrogen-bond donors (Lipinski definition) is 0. The van der Waals surface area contributed by atoms with Gasteiger partial charge in [0.05, 0.1) is 0 Å². The molecular formula is C23H29N. The molecule has 1 fully saturated rings. The van der Waals surface area contributed by atoms with E-state index in [2.05, 4.69) is 73.9 Å². The number of allylic oxidation sites excluding steroid dienone is 4. The Morgan fingerprint density at radius 1 is 1.21 bits per heavy atom. The second kappa shape index (κ2) is 7.81. The molecule has 0 aromatic heterocycles. The van der Waals surface area contributed by atoms with Crippen molar-refractivity contribution in [3.63, 3.8) is 0 Å². The van der Waals surface area contributed by atoms with Gasteiger partial charge in [-0.25, -0.2) is 0 Å². The van der Waals surface area contributed by atoms with Crippen molar-refractivity contribution < 1.29 is 0 Å². The summed E-state index contributed by atoms with van der Waals surface area (Å²) in [7, 11) is 0. The van der Waals surface area contributed by atoms with E-state index in [1.807, 2.05) is 0 Å². The summed E-state index contributed by atoms with van der Waals surface area (Å²) in [5.41, 5.74) is 7.09. The zero-order valence-electron chi connectivity index (χ0n) is 15.1. The van der Waals surface area contributed by atoms with Gasteiger partial charge in [0, 0.05) is 25.6 Å². The number of rotatable bonds is 4. The molecule has 1 saturated heterocycles. The second-order valence-corrected chi connectivity index (χ2v) is 7.06. The first-order valence-electron chi connectivity index (χ1n) is 9.19. The Hall–Kier alpha value is -1.86. The van der Waals surface area contributed by atoms with Crippen LogP contribution in [0, 0.1) is 6.92 Å². The van der Waals surface area contributed by atoms with Gasteiger partial charge in [-0.1, -0.05) is 67.7 Å². The molecule has 1 atom stereocenters. The Balaban J connectivity index is 1.69. The van der Waals surface area contributed by atoms with E-state index in [1.54, 1.807) is 0 Å². The highest BCUT2D eigenvalue weighted by atomic mass is 15.1. The summed E-state index contributed by atoms with van der Waals surface area (Å²) in [6.45, 7) is 12.0. The van der Waals surface area contributed by atoms with E-state index in [4.69, 9.17) is 0 Å². The van der Waals surface area contributed by atoms with Gasteiger partial charge in [-0.05, 0) is 48.4 Å². The maximum Gasteiger partial charge on any atom is 0.0234 e. The monoisotopic (exact) mass is 319 g/mol. The lowest BCUT2D eigenvalue weighted by molar-refractivity contribution is 0.369. The summed E-state index contributed by atoms with van der Waals surface area (Å²) in [4.78, 5) is 2.54. The third-order valence-electron chi connectivity index (χ3n) is 5.21. The Morgan fingerprint density at radius 3 is 2.88 bits per heavy atom. The molecule has 0 bridgehead atoms. The van der Waals surface area contributed by atoms with Crippen molar-refractivity contribution in [3.8, 4) is 0 Å². The maximum atomic E-state index is 4.37. The molecule has 1 heteroatoms. The Morgan fingerprint density at radius 2 is 2.08 bits per heavy atom. The highest BCUT2D eigenvalue weighted by molar-refractivity contribution is 5.38. The second-order valence-electron chi connectivity index (χ2n) is 7.06. The topological polar surface area (TPSA) is 3.24 Å². The first kappa shape index (κ1) is 17.0. The zero-order chi connectivity index (χ0) is 16.9. The van der Waals surface area contributed by atoms with Gasteiger partial charge in [0.2, 0.25) is 0 Å². The van der Waals surface area contributed by atoms with Crippen LogP contribution < -0.4 is 0 Å². The van der Waals surface area contributed by atoms with Gasteiger partial charge in [-0.15, -0.1) is 0 Å². The van der Waals surface area contributed by atoms with Crippen LogP contribution >= 0.6 is 0 Å². The minimum absolute atomic E-state index is 0.479. The number of likely N-dealkylation sites (tertiary alicyclic amines) is 1. The van der Waals surface area contributed by atoms with E-state index < -0.39 is 0 Å². The van der Waals surface area contributed by atoms with E-state index in [0.29, 0.717) is 5.92 Å². The minimum atomic E-state index is 0.479. The van der Waals surface area contributed by atoms with E-state index in [9.17, 15) is 0 Å². The van der Waals surface area contributed by atoms with Crippen molar-refractivity contribution in [2.75, 3.05) is 19.6 Å². The average Bonchev–Trinajstić information content (AvgIpc) is 2.90. The maximum absolute atomic E-state index is 4.37. The molecule has 24 heavy (non-hydrogen) atoms. The molecule has 1 unspecified atom stereocenters. The standard InChI is InChI=1S/C23H29N/c1-4-21-12-13-22(14-18(21)2)23-17-24(15-19(23)3)16-20-10-8-6-5-7-9-11-20/h5-6,8,10-14,23H,3-4,7,9,15-17H2,1-2H3/b6-5+,10-8-,20-11+. The highest BCUT2D eigenvalue weighted by Gasteiger charge is 2.27. The molecule has 0 amide bonds. The molecule has 1 aromatic carbocycles. The Labute approximate surface area is 147 Å². The molecule has 2 aliphatic rings. The largest absolute Gasteiger partial charge is 0.294 e. The predicted octanol–water partition coefficient (Wildman–Crippen LogP) is 5.35. The van der Waals surface area contributed by atoms with Crippen LogP contribution in [0.4, 0.5) is 0 Å². The first-order chi connectivity index (χ1) is 11.7. The van der Waals surface area contributed by atoms with Gasteiger partial charge >= 0.3 is 0 Å². The fraction of sp³-hybridized carbons (Fsp3) is 0.391. The molecule has 0 saturated carbocycles. The number of hydrogen-bond acceptors (Lipinski definition) is 1. The lowest BCUT2D eigenvalue weighted by Crippen LogP contribution is -2.22. The quantitative estimate of drug-likeness (QED) is 0.677. The van der Waals surface area contributed by atoms with Crippen molar-refractivity contribution in [2.45, 2.75) is 39.0 Å². The molecule has 1 aliphatic heterocycles. The molecule has 1 aromatic rings. The summed E-state index contributed by atoms with van der Waals surface area (Å²) < 4.78 is 0. The van der Waals surface area contributed by atoms with Gasteiger partial charge in [-0.2, -0.15) is 0 Å². The van der Waals surface area contributed by atoms with Crippen LogP contribution in [0.2, 0.25) is 0 Å². The fourth-order valence-corrected chi connectivity index (χ4v) is 3.81. The molecule has 1 heterocycles. The van der Waals surface area contributed by atoms with Crippen LogP contribution in [0.3, 0.4) is 0 Å². The number of nitrogens with zero attached hydrogens (tertiary/aromatic N) is 1. The molecular weight excluding hydrogens is 290 g/mol. The van der Waals surface area contributed by atoms with Gasteiger partial charge in [0.1, 0.15) is 0 Å². The average molecular weight is 319 g/mol. The summed E-state index contributed by atoms with van der Waals surface area (Å²) in [5.74, 6) is 0.479. The number of aryl methyl sites for hydroxylation is 2. The molecule has 1 nitrogen and oxygen atoms in total. The Bertz CT molecular complexity index is 690. The van der Waals surface area contributed by atoms with E-state index in [1.165, 1.54) is 27.8 Å². The predicted molar refractivity (Wildman–Crippen MR) is 104 cm³/mol. The molecule has 1 aliphatic carbocycles. The van der Waals surface area contributed by atoms with Crippen molar-refractivity contribution in [1.29, 1.82) is 0 Å². The van der Waals surface area contributed by atoms with Crippen molar-refractivity contribution >= 4 is 0 Å². The van der Waals surface area contributed by atoms with Crippen molar-refractivity contribution in [3.05, 3.63) is 83.0 Å². The van der Waals surface area contributed by atoms with E-state index in [0.717, 1.165) is 38.9 Å². The number of benzene rings is 1. The lowest BCUT2D eigenvalue weighted by Gasteiger charge is -2.17. The van der Waals surface area contributed by atoms with Crippen LogP contribution in [0.1, 0.15) is 42.4 Å². The Kier molecular flexibility index (Phi) is 5.52. The van der Waals surface area contributed by atoms with Crippen LogP contribution in [-0.4, -0.2) is 24.5 Å². The summed E-state index contributed by atoms with van der Waals surface area (Å²) >= 11 is 0. The lowest BCUT2D eigenvalue weighted by atomic mass is 9.92. The van der Waals surface area contributed by atoms with Gasteiger partial charge in [0.25, 0.3) is 0 Å². The minimum Gasteiger partial charge on any atom is -0.294 e. The van der Waals surface area contributed by atoms with Gasteiger partial charge < -0.3 is 0 Å². The van der Waals surface area contributed by atoms with Crippen molar-refractivity contribution in [1.82, 2.24) is 4.90 Å². The van der Waals surface area contributed by atoms with Gasteiger partial charge in [0.15, 0.2) is 0 Å². The first-order valence-corrected chi connectivity index (χ1v) is 9.19. The fourth-order valence-electron chi connectivity index (χ4n) is 3.81. The van der Waals surface area contributed by atoms with E-state index in [-0.39, 0.29) is 0 Å². The smallest absolute Gasteiger partial charge is 0.0234 e. The van der Waals surface area contributed by atoms with Crippen LogP contribution in [0.15, 0.2) is 66.3 Å². The van der Waals surface area contributed by atoms with Crippen LogP contribution in [0.25, 0.3) is 0 Å². The van der Waals surface area contributed by atoms with Crippen molar-refractivity contribution in [2.24, 2.45) is 0 Å². The zero-order valence-corrected chi connectivity index (χ0v) is 15.1. The summed E-state index contributed by atoms with van der Waals surface area (Å²) in [5, 5.41) is 0. The van der Waals surface area contributed by atoms with Gasteiger partial charge in [-0.3, -0.25) is 4.90 Å². The molecule has 0 N–H and O–H groups in total. The van der Waals surface area contributed by atoms with Crippen LogP contribution in [0.5, 0.6) is 0 Å². The third-order valence-corrected chi connectivity index (χ3v) is 5.21. The summed E-state index contributed by atoms with van der Waals surface area (Å²) in [6, 6.07) is 6.98. The SMILES string of the molecule is C=C1CN(CC2=C/CC/C=C/C=C\2)CC1c1ccc(CC)c(C)c1. The van der Waals surface area contributed by atoms with Crippen LogP contribution in [-0.2, 0) is 6.42 Å². The summed E-state index contributed by atoms with van der Waals surface area (Å²) in [6.07, 6.45) is 14.6.